The Bertz CT molecular complexity index is 1010. The van der Waals surface area contributed by atoms with Gasteiger partial charge in [-0.15, -0.1) is 0 Å². The molecule has 128 valence electrons. The van der Waals surface area contributed by atoms with Crippen molar-refractivity contribution in [1.82, 2.24) is 4.98 Å². The highest BCUT2D eigenvalue weighted by molar-refractivity contribution is 7.90. The standard InChI is InChI=1S/C18H16N2O4S/c1-12-8-10-14(11-9-12)17(21)19-16-15(13-6-4-3-5-7-13)24-18(20-16)25(2,22)23/h3-11H,1-2H3,(H,19,21). The van der Waals surface area contributed by atoms with Gasteiger partial charge < -0.3 is 9.73 Å². The maximum absolute atomic E-state index is 12.4. The normalized spacial score (nSPS) is 11.3. The summed E-state index contributed by atoms with van der Waals surface area (Å²) in [4.78, 5) is 16.4. The first-order valence-corrected chi connectivity index (χ1v) is 9.38. The molecule has 0 aliphatic heterocycles. The van der Waals surface area contributed by atoms with Crippen molar-refractivity contribution in [1.29, 1.82) is 0 Å². The Morgan fingerprint density at radius 1 is 1.04 bits per heavy atom. The molecule has 0 aliphatic rings. The first-order chi connectivity index (χ1) is 11.8. The van der Waals surface area contributed by atoms with Gasteiger partial charge in [0.05, 0.1) is 0 Å². The molecular weight excluding hydrogens is 340 g/mol. The lowest BCUT2D eigenvalue weighted by molar-refractivity contribution is 0.102. The molecule has 1 heterocycles. The minimum Gasteiger partial charge on any atom is -0.426 e. The van der Waals surface area contributed by atoms with Crippen LogP contribution in [-0.4, -0.2) is 25.6 Å². The first-order valence-electron chi connectivity index (χ1n) is 7.49. The van der Waals surface area contributed by atoms with E-state index in [9.17, 15) is 13.2 Å². The van der Waals surface area contributed by atoms with Gasteiger partial charge in [0.1, 0.15) is 0 Å². The molecule has 3 rings (SSSR count). The van der Waals surface area contributed by atoms with Crippen molar-refractivity contribution in [3.05, 3.63) is 65.7 Å². The number of carbonyl (C=O) groups excluding carboxylic acids is 1. The second-order valence-electron chi connectivity index (χ2n) is 5.62. The fraction of sp³-hybridized carbons (Fsp3) is 0.111. The van der Waals surface area contributed by atoms with Crippen LogP contribution in [0, 0.1) is 6.92 Å². The molecule has 0 spiro atoms. The maximum atomic E-state index is 12.4. The Morgan fingerprint density at radius 2 is 1.68 bits per heavy atom. The number of carbonyl (C=O) groups is 1. The van der Waals surface area contributed by atoms with Crippen molar-refractivity contribution in [3.63, 3.8) is 0 Å². The van der Waals surface area contributed by atoms with E-state index in [0.29, 0.717) is 11.1 Å². The average molecular weight is 356 g/mol. The number of aromatic nitrogens is 1. The minimum absolute atomic E-state index is 0.0669. The van der Waals surface area contributed by atoms with Gasteiger partial charge in [-0.2, -0.15) is 4.98 Å². The molecule has 3 aromatic rings. The van der Waals surface area contributed by atoms with Gasteiger partial charge in [0.25, 0.3) is 5.91 Å². The SMILES string of the molecule is Cc1ccc(C(=O)Nc2nc(S(C)(=O)=O)oc2-c2ccccc2)cc1. The largest absolute Gasteiger partial charge is 0.426 e. The van der Waals surface area contributed by atoms with E-state index in [0.717, 1.165) is 11.8 Å². The molecule has 0 unspecified atom stereocenters. The third-order valence-corrected chi connectivity index (χ3v) is 4.32. The number of rotatable bonds is 4. The summed E-state index contributed by atoms with van der Waals surface area (Å²) in [6.45, 7) is 1.92. The van der Waals surface area contributed by atoms with E-state index in [1.54, 1.807) is 36.4 Å². The monoisotopic (exact) mass is 356 g/mol. The summed E-state index contributed by atoms with van der Waals surface area (Å²) in [7, 11) is -3.65. The number of aryl methyl sites for hydroxylation is 1. The molecule has 0 radical (unpaired) electrons. The van der Waals surface area contributed by atoms with Crippen LogP contribution in [0.5, 0.6) is 0 Å². The van der Waals surface area contributed by atoms with Crippen LogP contribution >= 0.6 is 0 Å². The lowest BCUT2D eigenvalue weighted by atomic mass is 10.1. The summed E-state index contributed by atoms with van der Waals surface area (Å²) >= 11 is 0. The zero-order chi connectivity index (χ0) is 18.0. The third-order valence-electron chi connectivity index (χ3n) is 3.51. The van der Waals surface area contributed by atoms with Gasteiger partial charge in [-0.1, -0.05) is 48.0 Å². The Kier molecular flexibility index (Phi) is 4.41. The van der Waals surface area contributed by atoms with Gasteiger partial charge in [0.15, 0.2) is 11.6 Å². The topological polar surface area (TPSA) is 89.3 Å². The van der Waals surface area contributed by atoms with Crippen LogP contribution in [-0.2, 0) is 9.84 Å². The second kappa shape index (κ2) is 6.52. The van der Waals surface area contributed by atoms with Gasteiger partial charge in [0.2, 0.25) is 9.84 Å². The second-order valence-corrected chi connectivity index (χ2v) is 7.51. The van der Waals surface area contributed by atoms with E-state index >= 15 is 0 Å². The van der Waals surface area contributed by atoms with Crippen LogP contribution in [0.1, 0.15) is 15.9 Å². The fourth-order valence-corrected chi connectivity index (χ4v) is 2.71. The Labute approximate surface area is 145 Å². The van der Waals surface area contributed by atoms with Crippen LogP contribution in [0.15, 0.2) is 64.2 Å². The van der Waals surface area contributed by atoms with Crippen molar-refractivity contribution in [2.24, 2.45) is 0 Å². The van der Waals surface area contributed by atoms with Crippen molar-refractivity contribution in [3.8, 4) is 11.3 Å². The van der Waals surface area contributed by atoms with Crippen LogP contribution in [0.3, 0.4) is 0 Å². The quantitative estimate of drug-likeness (QED) is 0.775. The van der Waals surface area contributed by atoms with Crippen molar-refractivity contribution in [2.75, 3.05) is 11.6 Å². The molecule has 25 heavy (non-hydrogen) atoms. The highest BCUT2D eigenvalue weighted by Crippen LogP contribution is 2.30. The smallest absolute Gasteiger partial charge is 0.317 e. The lowest BCUT2D eigenvalue weighted by Gasteiger charge is -2.04. The highest BCUT2D eigenvalue weighted by Gasteiger charge is 2.23. The van der Waals surface area contributed by atoms with E-state index in [4.69, 9.17) is 4.42 Å². The number of oxazole rings is 1. The molecule has 1 aromatic heterocycles. The molecule has 7 heteroatoms. The minimum atomic E-state index is -3.65. The van der Waals surface area contributed by atoms with Crippen molar-refractivity contribution < 1.29 is 17.6 Å². The molecule has 0 atom stereocenters. The zero-order valence-electron chi connectivity index (χ0n) is 13.7. The van der Waals surface area contributed by atoms with Gasteiger partial charge in [-0.25, -0.2) is 8.42 Å². The number of amides is 1. The molecule has 0 bridgehead atoms. The van der Waals surface area contributed by atoms with Crippen molar-refractivity contribution in [2.45, 2.75) is 12.1 Å². The zero-order valence-corrected chi connectivity index (χ0v) is 14.5. The van der Waals surface area contributed by atoms with E-state index in [1.165, 1.54) is 0 Å². The molecule has 0 saturated carbocycles. The summed E-state index contributed by atoms with van der Waals surface area (Å²) in [5.74, 6) is -0.135. The van der Waals surface area contributed by atoms with Crippen LogP contribution in [0.2, 0.25) is 0 Å². The summed E-state index contributed by atoms with van der Waals surface area (Å²) in [6, 6.07) is 15.9. The summed E-state index contributed by atoms with van der Waals surface area (Å²) in [6.07, 6.45) is 0.999. The fourth-order valence-electron chi connectivity index (χ4n) is 2.21. The van der Waals surface area contributed by atoms with Crippen LogP contribution < -0.4 is 5.32 Å². The van der Waals surface area contributed by atoms with Crippen molar-refractivity contribution >= 4 is 21.6 Å². The predicted octanol–water partition coefficient (Wildman–Crippen LogP) is 3.31. The molecule has 1 amide bonds. The summed E-state index contributed by atoms with van der Waals surface area (Å²) in [5, 5.41) is 2.19. The number of nitrogens with one attached hydrogen (secondary N) is 1. The Balaban J connectivity index is 2.01. The number of hydrogen-bond acceptors (Lipinski definition) is 5. The highest BCUT2D eigenvalue weighted by atomic mass is 32.2. The number of anilines is 1. The Morgan fingerprint density at radius 3 is 2.28 bits per heavy atom. The third kappa shape index (κ3) is 3.77. The van der Waals surface area contributed by atoms with Gasteiger partial charge in [0, 0.05) is 17.4 Å². The van der Waals surface area contributed by atoms with Crippen LogP contribution in [0.4, 0.5) is 5.82 Å². The molecule has 0 saturated heterocycles. The number of hydrogen-bond donors (Lipinski definition) is 1. The van der Waals surface area contributed by atoms with Gasteiger partial charge in [-0.05, 0) is 19.1 Å². The average Bonchev–Trinajstić information content (AvgIpc) is 3.00. The lowest BCUT2D eigenvalue weighted by Crippen LogP contribution is -2.13. The van der Waals surface area contributed by atoms with E-state index in [-0.39, 0.29) is 11.6 Å². The summed E-state index contributed by atoms with van der Waals surface area (Å²) < 4.78 is 28.9. The van der Waals surface area contributed by atoms with E-state index < -0.39 is 21.0 Å². The van der Waals surface area contributed by atoms with Gasteiger partial charge in [-0.3, -0.25) is 4.79 Å². The number of nitrogens with zero attached hydrogens (tertiary/aromatic N) is 1. The summed E-state index contributed by atoms with van der Waals surface area (Å²) in [5.41, 5.74) is 2.08. The van der Waals surface area contributed by atoms with E-state index in [1.807, 2.05) is 25.1 Å². The molecule has 1 N–H and O–H groups in total. The molecule has 0 fully saturated rings. The van der Waals surface area contributed by atoms with E-state index in [2.05, 4.69) is 10.3 Å². The number of sulfone groups is 1. The molecule has 0 aliphatic carbocycles. The Hall–Kier alpha value is -2.93. The molecule has 6 nitrogen and oxygen atoms in total. The van der Waals surface area contributed by atoms with Gasteiger partial charge >= 0.3 is 5.22 Å². The first kappa shape index (κ1) is 16.9. The van der Waals surface area contributed by atoms with Crippen LogP contribution in [0.25, 0.3) is 11.3 Å². The predicted molar refractivity (Wildman–Crippen MR) is 94.2 cm³/mol. The molecular formula is C18H16N2O4S. The molecule has 2 aromatic carbocycles. The number of benzene rings is 2. The maximum Gasteiger partial charge on any atom is 0.317 e.